The van der Waals surface area contributed by atoms with Crippen molar-refractivity contribution >= 4 is 22.8 Å². The van der Waals surface area contributed by atoms with Crippen molar-refractivity contribution in [1.29, 1.82) is 0 Å². The number of methoxy groups -OCH3 is 1. The number of carbonyl (C=O) groups excluding carboxylic acids is 1. The summed E-state index contributed by atoms with van der Waals surface area (Å²) >= 11 is 0. The van der Waals surface area contributed by atoms with Gasteiger partial charge in [-0.2, -0.15) is 0 Å². The second-order valence-corrected chi connectivity index (χ2v) is 5.78. The SMILES string of the molecule is COC(=O)c1ccc2nc(-c3ccccc3)c(NC(C)C)nc2c1. The fraction of sp³-hybridized carbons (Fsp3) is 0.211. The molecule has 0 unspecified atom stereocenters. The van der Waals surface area contributed by atoms with Crippen molar-refractivity contribution in [3.63, 3.8) is 0 Å². The Morgan fingerprint density at radius 1 is 1.04 bits per heavy atom. The molecule has 0 aliphatic heterocycles. The molecule has 1 aromatic heterocycles. The number of carbonyl (C=O) groups is 1. The first kappa shape index (κ1) is 15.9. The number of nitrogens with zero attached hydrogens (tertiary/aromatic N) is 2. The topological polar surface area (TPSA) is 64.1 Å². The Kier molecular flexibility index (Phi) is 4.42. The van der Waals surface area contributed by atoms with Crippen LogP contribution < -0.4 is 5.32 Å². The van der Waals surface area contributed by atoms with E-state index in [0.717, 1.165) is 16.8 Å². The van der Waals surface area contributed by atoms with Crippen LogP contribution in [0.25, 0.3) is 22.3 Å². The average Bonchev–Trinajstić information content (AvgIpc) is 2.60. The van der Waals surface area contributed by atoms with Gasteiger partial charge in [0.1, 0.15) is 5.69 Å². The minimum atomic E-state index is -0.385. The largest absolute Gasteiger partial charge is 0.465 e. The molecule has 0 aliphatic carbocycles. The van der Waals surface area contributed by atoms with Crippen molar-refractivity contribution < 1.29 is 9.53 Å². The van der Waals surface area contributed by atoms with Crippen molar-refractivity contribution in [3.05, 3.63) is 54.1 Å². The van der Waals surface area contributed by atoms with Crippen LogP contribution in [0.3, 0.4) is 0 Å². The van der Waals surface area contributed by atoms with Gasteiger partial charge in [-0.3, -0.25) is 0 Å². The highest BCUT2D eigenvalue weighted by Crippen LogP contribution is 2.27. The third kappa shape index (κ3) is 3.20. The lowest BCUT2D eigenvalue weighted by molar-refractivity contribution is 0.0601. The molecule has 3 rings (SSSR count). The monoisotopic (exact) mass is 321 g/mol. The number of fused-ring (bicyclic) bond motifs is 1. The van der Waals surface area contributed by atoms with E-state index < -0.39 is 0 Å². The summed E-state index contributed by atoms with van der Waals surface area (Å²) in [5, 5.41) is 3.34. The Morgan fingerprint density at radius 3 is 2.46 bits per heavy atom. The van der Waals surface area contributed by atoms with Gasteiger partial charge < -0.3 is 10.1 Å². The van der Waals surface area contributed by atoms with Crippen molar-refractivity contribution in [2.24, 2.45) is 0 Å². The highest BCUT2D eigenvalue weighted by Gasteiger charge is 2.14. The number of benzene rings is 2. The third-order valence-electron chi connectivity index (χ3n) is 3.56. The number of hydrogen-bond donors (Lipinski definition) is 1. The number of nitrogens with one attached hydrogen (secondary N) is 1. The van der Waals surface area contributed by atoms with E-state index in [4.69, 9.17) is 9.72 Å². The minimum absolute atomic E-state index is 0.211. The molecule has 0 bridgehead atoms. The van der Waals surface area contributed by atoms with Crippen molar-refractivity contribution in [2.75, 3.05) is 12.4 Å². The number of hydrogen-bond acceptors (Lipinski definition) is 5. The maximum atomic E-state index is 11.7. The summed E-state index contributed by atoms with van der Waals surface area (Å²) in [5.41, 5.74) is 3.63. The molecule has 1 heterocycles. The standard InChI is InChI=1S/C19H19N3O2/c1-12(2)20-18-17(13-7-5-4-6-8-13)21-15-10-9-14(19(23)24-3)11-16(15)22-18/h4-12H,1-3H3,(H,20,22). The van der Waals surface area contributed by atoms with Crippen LogP contribution in [0, 0.1) is 0 Å². The molecule has 0 aliphatic rings. The highest BCUT2D eigenvalue weighted by atomic mass is 16.5. The molecule has 24 heavy (non-hydrogen) atoms. The predicted octanol–water partition coefficient (Wildman–Crippen LogP) is 3.90. The Balaban J connectivity index is 2.18. The second kappa shape index (κ2) is 6.66. The summed E-state index contributed by atoms with van der Waals surface area (Å²) in [7, 11) is 1.36. The van der Waals surface area contributed by atoms with Crippen LogP contribution in [0.5, 0.6) is 0 Å². The van der Waals surface area contributed by atoms with Crippen LogP contribution in [-0.4, -0.2) is 29.1 Å². The molecule has 0 saturated carbocycles. The fourth-order valence-corrected chi connectivity index (χ4v) is 2.47. The van der Waals surface area contributed by atoms with Crippen molar-refractivity contribution in [3.8, 4) is 11.3 Å². The molecule has 2 aromatic carbocycles. The summed E-state index contributed by atoms with van der Waals surface area (Å²) < 4.78 is 4.77. The first-order valence-electron chi connectivity index (χ1n) is 7.80. The molecule has 0 spiro atoms. The van der Waals surface area contributed by atoms with Crippen molar-refractivity contribution in [1.82, 2.24) is 9.97 Å². The summed E-state index contributed by atoms with van der Waals surface area (Å²) in [6.07, 6.45) is 0. The number of ether oxygens (including phenoxy) is 1. The molecule has 5 heteroatoms. The van der Waals surface area contributed by atoms with Crippen LogP contribution in [0.1, 0.15) is 24.2 Å². The molecule has 0 fully saturated rings. The Bertz CT molecular complexity index is 876. The maximum Gasteiger partial charge on any atom is 0.337 e. The lowest BCUT2D eigenvalue weighted by Crippen LogP contribution is -2.13. The van der Waals surface area contributed by atoms with Gasteiger partial charge >= 0.3 is 5.97 Å². The Morgan fingerprint density at radius 2 is 1.79 bits per heavy atom. The van der Waals surface area contributed by atoms with Crippen LogP contribution in [0.2, 0.25) is 0 Å². The van der Waals surface area contributed by atoms with Gasteiger partial charge in [0.15, 0.2) is 5.82 Å². The summed E-state index contributed by atoms with van der Waals surface area (Å²) in [4.78, 5) is 21.2. The smallest absolute Gasteiger partial charge is 0.337 e. The highest BCUT2D eigenvalue weighted by molar-refractivity contribution is 5.94. The van der Waals surface area contributed by atoms with Gasteiger partial charge in [0.2, 0.25) is 0 Å². The molecule has 1 N–H and O–H groups in total. The quantitative estimate of drug-likeness (QED) is 0.738. The van der Waals surface area contributed by atoms with Crippen LogP contribution in [0.15, 0.2) is 48.5 Å². The zero-order valence-corrected chi connectivity index (χ0v) is 13.9. The van der Waals surface area contributed by atoms with E-state index in [1.165, 1.54) is 7.11 Å². The molecule has 122 valence electrons. The van der Waals surface area contributed by atoms with Gasteiger partial charge in [0.05, 0.1) is 23.7 Å². The van der Waals surface area contributed by atoms with Gasteiger partial charge in [-0.1, -0.05) is 30.3 Å². The van der Waals surface area contributed by atoms with E-state index in [-0.39, 0.29) is 12.0 Å². The van der Waals surface area contributed by atoms with Gasteiger partial charge in [-0.15, -0.1) is 0 Å². The van der Waals surface area contributed by atoms with Crippen LogP contribution >= 0.6 is 0 Å². The lowest BCUT2D eigenvalue weighted by atomic mass is 10.1. The molecule has 0 amide bonds. The van der Waals surface area contributed by atoms with Crippen molar-refractivity contribution in [2.45, 2.75) is 19.9 Å². The van der Waals surface area contributed by atoms with E-state index in [1.807, 2.05) is 44.2 Å². The second-order valence-electron chi connectivity index (χ2n) is 5.78. The van der Waals surface area contributed by atoms with E-state index in [0.29, 0.717) is 16.9 Å². The summed E-state index contributed by atoms with van der Waals surface area (Å²) in [6.45, 7) is 4.09. The maximum absolute atomic E-state index is 11.7. The van der Waals surface area contributed by atoms with Gasteiger partial charge in [-0.05, 0) is 32.0 Å². The Labute approximate surface area is 140 Å². The molecule has 5 nitrogen and oxygen atoms in total. The Hall–Kier alpha value is -2.95. The first-order valence-corrected chi connectivity index (χ1v) is 7.80. The normalized spacial score (nSPS) is 10.8. The van der Waals surface area contributed by atoms with Gasteiger partial charge in [0, 0.05) is 11.6 Å². The van der Waals surface area contributed by atoms with E-state index in [2.05, 4.69) is 10.3 Å². The third-order valence-corrected chi connectivity index (χ3v) is 3.56. The number of rotatable bonds is 4. The fourth-order valence-electron chi connectivity index (χ4n) is 2.47. The molecule has 3 aromatic rings. The summed E-state index contributed by atoms with van der Waals surface area (Å²) in [5.74, 6) is 0.315. The van der Waals surface area contributed by atoms with Crippen LogP contribution in [0.4, 0.5) is 5.82 Å². The van der Waals surface area contributed by atoms with Gasteiger partial charge in [-0.25, -0.2) is 14.8 Å². The lowest BCUT2D eigenvalue weighted by Gasteiger charge is -2.14. The molecule has 0 atom stereocenters. The van der Waals surface area contributed by atoms with Crippen LogP contribution in [-0.2, 0) is 4.74 Å². The molecular formula is C19H19N3O2. The number of aromatic nitrogens is 2. The number of anilines is 1. The predicted molar refractivity (Wildman–Crippen MR) is 95.1 cm³/mol. The zero-order chi connectivity index (χ0) is 17.1. The zero-order valence-electron chi connectivity index (χ0n) is 13.9. The summed E-state index contributed by atoms with van der Waals surface area (Å²) in [6, 6.07) is 15.3. The molecular weight excluding hydrogens is 302 g/mol. The van der Waals surface area contributed by atoms with E-state index >= 15 is 0 Å². The minimum Gasteiger partial charge on any atom is -0.465 e. The molecule has 0 radical (unpaired) electrons. The molecule has 0 saturated heterocycles. The number of esters is 1. The average molecular weight is 321 g/mol. The van der Waals surface area contributed by atoms with Gasteiger partial charge in [0.25, 0.3) is 0 Å². The van der Waals surface area contributed by atoms with E-state index in [9.17, 15) is 4.79 Å². The van der Waals surface area contributed by atoms with E-state index in [1.54, 1.807) is 18.2 Å². The first-order chi connectivity index (χ1) is 11.6.